The number of methoxy groups -OCH3 is 1. The number of rotatable bonds is 5. The molecule has 0 fully saturated rings. The third-order valence-electron chi connectivity index (χ3n) is 3.30. The Morgan fingerprint density at radius 1 is 1.33 bits per heavy atom. The lowest BCUT2D eigenvalue weighted by molar-refractivity contribution is 0.419. The molecule has 3 rings (SSSR count). The number of imidazole rings is 1. The van der Waals surface area contributed by atoms with Crippen LogP contribution in [0.3, 0.4) is 0 Å². The van der Waals surface area contributed by atoms with Crippen LogP contribution >= 0.6 is 38.9 Å². The van der Waals surface area contributed by atoms with E-state index in [-0.39, 0.29) is 0 Å². The van der Waals surface area contributed by atoms with Crippen LogP contribution in [0.15, 0.2) is 34.1 Å². The van der Waals surface area contributed by atoms with E-state index in [1.165, 1.54) is 4.88 Å². The van der Waals surface area contributed by atoms with E-state index in [1.54, 1.807) is 18.4 Å². The summed E-state index contributed by atoms with van der Waals surface area (Å²) in [6, 6.07) is 10.2. The molecule has 0 saturated heterocycles. The Morgan fingerprint density at radius 2 is 2.19 bits per heavy atom. The van der Waals surface area contributed by atoms with Gasteiger partial charge in [0.15, 0.2) is 0 Å². The van der Waals surface area contributed by atoms with Gasteiger partial charge in [-0.1, -0.05) is 6.07 Å². The summed E-state index contributed by atoms with van der Waals surface area (Å²) in [7, 11) is 1.67. The molecule has 0 aliphatic rings. The number of aromatic nitrogens is 2. The first-order valence-electron chi connectivity index (χ1n) is 6.55. The molecule has 3 aromatic rings. The number of nitrogens with zero attached hydrogens (tertiary/aromatic N) is 2. The van der Waals surface area contributed by atoms with Crippen molar-refractivity contribution in [2.24, 2.45) is 0 Å². The van der Waals surface area contributed by atoms with Gasteiger partial charge < -0.3 is 9.30 Å². The summed E-state index contributed by atoms with van der Waals surface area (Å²) in [4.78, 5) is 6.00. The van der Waals surface area contributed by atoms with Gasteiger partial charge in [-0.2, -0.15) is 0 Å². The van der Waals surface area contributed by atoms with E-state index in [0.717, 1.165) is 39.4 Å². The first kappa shape index (κ1) is 14.9. The molecule has 0 N–H and O–H groups in total. The van der Waals surface area contributed by atoms with Crippen LogP contribution in [0.5, 0.6) is 5.75 Å². The smallest absolute Gasteiger partial charge is 0.146 e. The minimum atomic E-state index is 0.555. The van der Waals surface area contributed by atoms with Crippen LogP contribution in [0, 0.1) is 0 Å². The van der Waals surface area contributed by atoms with Crippen molar-refractivity contribution >= 4 is 49.9 Å². The molecule has 2 aromatic heterocycles. The predicted molar refractivity (Wildman–Crippen MR) is 91.8 cm³/mol. The standard InChI is InChI=1S/C15H14BrClN2OS/c1-20-12-4-2-3-11-15(12)18-14(7-8-17)19(11)9-10-5-6-13(16)21-10/h2-6H,7-9H2,1H3. The number of halogens is 2. The number of fused-ring (bicyclic) bond motifs is 1. The van der Waals surface area contributed by atoms with Crippen LogP contribution in [0.2, 0.25) is 0 Å². The number of hydrogen-bond acceptors (Lipinski definition) is 3. The van der Waals surface area contributed by atoms with E-state index in [9.17, 15) is 0 Å². The Bertz CT molecular complexity index is 768. The Morgan fingerprint density at radius 3 is 2.86 bits per heavy atom. The number of thiophene rings is 1. The molecule has 0 aliphatic heterocycles. The molecular formula is C15H14BrClN2OS. The van der Waals surface area contributed by atoms with E-state index < -0.39 is 0 Å². The van der Waals surface area contributed by atoms with Crippen molar-refractivity contribution in [3.63, 3.8) is 0 Å². The number of para-hydroxylation sites is 1. The summed E-state index contributed by atoms with van der Waals surface area (Å²) in [5.74, 6) is 2.35. The van der Waals surface area contributed by atoms with E-state index in [0.29, 0.717) is 5.88 Å². The second-order valence-electron chi connectivity index (χ2n) is 4.59. The molecule has 1 aromatic carbocycles. The maximum Gasteiger partial charge on any atom is 0.146 e. The van der Waals surface area contributed by atoms with Gasteiger partial charge in [-0.15, -0.1) is 22.9 Å². The lowest BCUT2D eigenvalue weighted by Crippen LogP contribution is -2.04. The first-order valence-corrected chi connectivity index (χ1v) is 8.69. The van der Waals surface area contributed by atoms with Gasteiger partial charge in [0.2, 0.25) is 0 Å². The molecule has 0 unspecified atom stereocenters. The molecular weight excluding hydrogens is 372 g/mol. The highest BCUT2D eigenvalue weighted by molar-refractivity contribution is 9.11. The molecule has 0 atom stereocenters. The third kappa shape index (κ3) is 2.96. The largest absolute Gasteiger partial charge is 0.494 e. The molecule has 0 aliphatic carbocycles. The Kier molecular flexibility index (Phi) is 4.52. The van der Waals surface area contributed by atoms with E-state index >= 15 is 0 Å². The minimum Gasteiger partial charge on any atom is -0.494 e. The third-order valence-corrected chi connectivity index (χ3v) is 5.10. The zero-order chi connectivity index (χ0) is 14.8. The summed E-state index contributed by atoms with van der Waals surface area (Å²) in [6.45, 7) is 0.798. The summed E-state index contributed by atoms with van der Waals surface area (Å²) < 4.78 is 8.77. The van der Waals surface area contributed by atoms with E-state index in [4.69, 9.17) is 21.3 Å². The zero-order valence-electron chi connectivity index (χ0n) is 11.5. The van der Waals surface area contributed by atoms with Gasteiger partial charge in [0.05, 0.1) is 23.0 Å². The first-order chi connectivity index (χ1) is 10.2. The van der Waals surface area contributed by atoms with E-state index in [1.807, 2.05) is 12.1 Å². The normalized spacial score (nSPS) is 11.2. The quantitative estimate of drug-likeness (QED) is 0.595. The maximum atomic E-state index is 5.93. The molecule has 110 valence electrons. The highest BCUT2D eigenvalue weighted by Crippen LogP contribution is 2.29. The van der Waals surface area contributed by atoms with Crippen LogP contribution in [0.25, 0.3) is 11.0 Å². The topological polar surface area (TPSA) is 27.1 Å². The SMILES string of the molecule is COc1cccc2c1nc(CCCl)n2Cc1ccc(Br)s1. The monoisotopic (exact) mass is 384 g/mol. The van der Waals surface area contributed by atoms with Crippen LogP contribution in [-0.2, 0) is 13.0 Å². The summed E-state index contributed by atoms with van der Waals surface area (Å²) in [5.41, 5.74) is 1.98. The van der Waals surface area contributed by atoms with Gasteiger partial charge in [0.25, 0.3) is 0 Å². The average molecular weight is 386 g/mol. The Labute approximate surface area is 140 Å². The van der Waals surface area contributed by atoms with Gasteiger partial charge in [-0.25, -0.2) is 4.98 Å². The second-order valence-corrected chi connectivity index (χ2v) is 7.51. The highest BCUT2D eigenvalue weighted by Gasteiger charge is 2.14. The molecule has 2 heterocycles. The zero-order valence-corrected chi connectivity index (χ0v) is 14.6. The summed E-state index contributed by atoms with van der Waals surface area (Å²) in [6.07, 6.45) is 0.742. The number of alkyl halides is 1. The molecule has 0 bridgehead atoms. The minimum absolute atomic E-state index is 0.555. The van der Waals surface area contributed by atoms with Crippen molar-refractivity contribution in [2.45, 2.75) is 13.0 Å². The van der Waals surface area contributed by atoms with Crippen molar-refractivity contribution in [1.82, 2.24) is 9.55 Å². The summed E-state index contributed by atoms with van der Waals surface area (Å²) in [5, 5.41) is 0. The van der Waals surface area contributed by atoms with Crippen molar-refractivity contribution in [3.05, 3.63) is 44.8 Å². The van der Waals surface area contributed by atoms with Gasteiger partial charge in [-0.3, -0.25) is 0 Å². The van der Waals surface area contributed by atoms with Crippen molar-refractivity contribution in [1.29, 1.82) is 0 Å². The van der Waals surface area contributed by atoms with Gasteiger partial charge in [-0.05, 0) is 40.2 Å². The van der Waals surface area contributed by atoms with Crippen LogP contribution in [-0.4, -0.2) is 22.5 Å². The van der Waals surface area contributed by atoms with Crippen LogP contribution in [0.4, 0.5) is 0 Å². The van der Waals surface area contributed by atoms with Crippen molar-refractivity contribution < 1.29 is 4.74 Å². The lowest BCUT2D eigenvalue weighted by atomic mass is 10.3. The number of aryl methyl sites for hydroxylation is 1. The number of ether oxygens (including phenoxy) is 1. The molecule has 0 spiro atoms. The van der Waals surface area contributed by atoms with Crippen molar-refractivity contribution in [2.75, 3.05) is 13.0 Å². The predicted octanol–water partition coefficient (Wildman–Crippen LogP) is 4.70. The average Bonchev–Trinajstić information content (AvgIpc) is 3.04. The fourth-order valence-electron chi connectivity index (χ4n) is 2.38. The molecule has 21 heavy (non-hydrogen) atoms. The van der Waals surface area contributed by atoms with Crippen molar-refractivity contribution in [3.8, 4) is 5.75 Å². The summed E-state index contributed by atoms with van der Waals surface area (Å²) >= 11 is 11.2. The van der Waals surface area contributed by atoms with Gasteiger partial charge in [0, 0.05) is 17.2 Å². The fourth-order valence-corrected chi connectivity index (χ4v) is 4.02. The molecule has 3 nitrogen and oxygen atoms in total. The molecule has 6 heteroatoms. The maximum absolute atomic E-state index is 5.93. The Hall–Kier alpha value is -1.04. The fraction of sp³-hybridized carbons (Fsp3) is 0.267. The van der Waals surface area contributed by atoms with Crippen LogP contribution < -0.4 is 4.74 Å². The van der Waals surface area contributed by atoms with E-state index in [2.05, 4.69) is 38.7 Å². The second kappa shape index (κ2) is 6.38. The number of benzene rings is 1. The molecule has 0 saturated carbocycles. The van der Waals surface area contributed by atoms with Gasteiger partial charge in [0.1, 0.15) is 17.1 Å². The number of hydrogen-bond donors (Lipinski definition) is 0. The lowest BCUT2D eigenvalue weighted by Gasteiger charge is -2.07. The van der Waals surface area contributed by atoms with Crippen LogP contribution in [0.1, 0.15) is 10.7 Å². The highest BCUT2D eigenvalue weighted by atomic mass is 79.9. The van der Waals surface area contributed by atoms with Gasteiger partial charge >= 0.3 is 0 Å². The molecule has 0 amide bonds. The Balaban J connectivity index is 2.11. The molecule has 0 radical (unpaired) electrons.